The first-order valence-electron chi connectivity index (χ1n) is 10.1. The van der Waals surface area contributed by atoms with Crippen LogP contribution in [0.1, 0.15) is 16.1 Å². The number of hydrogen-bond acceptors (Lipinski definition) is 7. The molecule has 0 radical (unpaired) electrons. The fourth-order valence-electron chi connectivity index (χ4n) is 3.59. The lowest BCUT2D eigenvalue weighted by atomic mass is 10.1. The average Bonchev–Trinajstić information content (AvgIpc) is 3.54. The Balaban J connectivity index is 1.53. The SMILES string of the molecule is COc1cc(NC(=O)c2cnn(-c3cccc4ncccc34)c2C(F)(F)F)cnc1-n1ccnn1. The number of amides is 1. The van der Waals surface area contributed by atoms with Crippen LogP contribution in [-0.4, -0.2) is 47.8 Å². The fraction of sp³-hybridized carbons (Fsp3) is 0.0909. The summed E-state index contributed by atoms with van der Waals surface area (Å²) in [5, 5.41) is 14.3. The van der Waals surface area contributed by atoms with Crippen molar-refractivity contribution in [3.63, 3.8) is 0 Å². The lowest BCUT2D eigenvalue weighted by Gasteiger charge is -2.14. The number of anilines is 1. The number of hydrogen-bond donors (Lipinski definition) is 1. The largest absolute Gasteiger partial charge is 0.493 e. The summed E-state index contributed by atoms with van der Waals surface area (Å²) in [5.41, 5.74) is -1.12. The summed E-state index contributed by atoms with van der Waals surface area (Å²) in [6, 6.07) is 9.38. The lowest BCUT2D eigenvalue weighted by Crippen LogP contribution is -2.21. The van der Waals surface area contributed by atoms with Crippen molar-refractivity contribution in [3.8, 4) is 17.3 Å². The van der Waals surface area contributed by atoms with Crippen molar-refractivity contribution in [2.45, 2.75) is 6.18 Å². The van der Waals surface area contributed by atoms with Gasteiger partial charge < -0.3 is 10.1 Å². The van der Waals surface area contributed by atoms with Crippen molar-refractivity contribution in [1.82, 2.24) is 34.7 Å². The highest BCUT2D eigenvalue weighted by Crippen LogP contribution is 2.35. The second-order valence-electron chi connectivity index (χ2n) is 7.22. The summed E-state index contributed by atoms with van der Waals surface area (Å²) in [4.78, 5) is 21.3. The van der Waals surface area contributed by atoms with Crippen LogP contribution in [0.2, 0.25) is 0 Å². The third-order valence-electron chi connectivity index (χ3n) is 5.08. The summed E-state index contributed by atoms with van der Waals surface area (Å²) in [6.45, 7) is 0. The topological polar surface area (TPSA) is 113 Å². The van der Waals surface area contributed by atoms with Crippen molar-refractivity contribution in [1.29, 1.82) is 0 Å². The van der Waals surface area contributed by atoms with Crippen molar-refractivity contribution in [2.24, 2.45) is 0 Å². The van der Waals surface area contributed by atoms with Crippen LogP contribution in [0.4, 0.5) is 18.9 Å². The number of fused-ring (bicyclic) bond motifs is 1. The third kappa shape index (κ3) is 4.03. The van der Waals surface area contributed by atoms with Crippen LogP contribution in [0.3, 0.4) is 0 Å². The molecule has 0 aliphatic heterocycles. The maximum absolute atomic E-state index is 14.2. The van der Waals surface area contributed by atoms with Gasteiger partial charge in [-0.3, -0.25) is 9.78 Å². The summed E-state index contributed by atoms with van der Waals surface area (Å²) < 4.78 is 49.8. The van der Waals surface area contributed by atoms with Crippen molar-refractivity contribution in [2.75, 3.05) is 12.4 Å². The van der Waals surface area contributed by atoms with Gasteiger partial charge in [-0.25, -0.2) is 9.67 Å². The van der Waals surface area contributed by atoms with Gasteiger partial charge in [-0.15, -0.1) is 5.10 Å². The Hall–Kier alpha value is -4.81. The standard InChI is InChI=1S/C22H15F3N8O2/c1-35-18-10-13(11-27-20(18)32-9-8-28-31-32)30-21(34)15-12-29-33(19(15)22(23,24)25)17-6-2-5-16-14(17)4-3-7-26-16/h2-12H,1H3,(H,30,34). The van der Waals surface area contributed by atoms with Gasteiger partial charge in [-0.2, -0.15) is 23.0 Å². The summed E-state index contributed by atoms with van der Waals surface area (Å²) in [6.07, 6.45) is 1.79. The molecule has 0 aliphatic carbocycles. The molecule has 1 amide bonds. The minimum absolute atomic E-state index is 0.117. The van der Waals surface area contributed by atoms with E-state index in [0.717, 1.165) is 6.20 Å². The van der Waals surface area contributed by atoms with Crippen LogP contribution >= 0.6 is 0 Å². The van der Waals surface area contributed by atoms with E-state index in [9.17, 15) is 18.0 Å². The highest BCUT2D eigenvalue weighted by atomic mass is 19.4. The van der Waals surface area contributed by atoms with Crippen molar-refractivity contribution in [3.05, 3.63) is 78.6 Å². The van der Waals surface area contributed by atoms with Crippen LogP contribution in [0, 0.1) is 0 Å². The predicted molar refractivity (Wildman–Crippen MR) is 118 cm³/mol. The van der Waals surface area contributed by atoms with Crippen molar-refractivity contribution < 1.29 is 22.7 Å². The second-order valence-corrected chi connectivity index (χ2v) is 7.22. The number of benzene rings is 1. The molecule has 0 fully saturated rings. The average molecular weight is 480 g/mol. The Labute approximate surface area is 195 Å². The Morgan fingerprint density at radius 3 is 2.69 bits per heavy atom. The molecule has 35 heavy (non-hydrogen) atoms. The molecule has 0 spiro atoms. The van der Waals surface area contributed by atoms with Crippen molar-refractivity contribution >= 4 is 22.5 Å². The first kappa shape index (κ1) is 22.0. The van der Waals surface area contributed by atoms with Crippen LogP contribution in [0.15, 0.2) is 67.4 Å². The summed E-state index contributed by atoms with van der Waals surface area (Å²) in [7, 11) is 1.38. The van der Waals surface area contributed by atoms with Gasteiger partial charge in [0.2, 0.25) is 0 Å². The predicted octanol–water partition coefficient (Wildman–Crippen LogP) is 3.68. The van der Waals surface area contributed by atoms with Gasteiger partial charge in [0.25, 0.3) is 5.91 Å². The molecule has 4 heterocycles. The molecule has 0 saturated heterocycles. The van der Waals surface area contributed by atoms with Gasteiger partial charge in [-0.1, -0.05) is 11.3 Å². The van der Waals surface area contributed by atoms with E-state index in [1.54, 1.807) is 24.3 Å². The molecule has 0 unspecified atom stereocenters. The summed E-state index contributed by atoms with van der Waals surface area (Å²) >= 11 is 0. The highest BCUT2D eigenvalue weighted by molar-refractivity contribution is 6.05. The molecule has 1 N–H and O–H groups in total. The normalized spacial score (nSPS) is 11.5. The Bertz CT molecular complexity index is 1520. The second kappa shape index (κ2) is 8.52. The van der Waals surface area contributed by atoms with E-state index in [0.29, 0.717) is 15.6 Å². The molecule has 0 aliphatic rings. The van der Waals surface area contributed by atoms with Gasteiger partial charge in [0.15, 0.2) is 17.3 Å². The smallest absolute Gasteiger partial charge is 0.434 e. The van der Waals surface area contributed by atoms with Gasteiger partial charge in [0, 0.05) is 17.6 Å². The first-order chi connectivity index (χ1) is 16.9. The molecular weight excluding hydrogens is 465 g/mol. The van der Waals surface area contributed by atoms with Crippen LogP contribution in [0.25, 0.3) is 22.4 Å². The van der Waals surface area contributed by atoms with Gasteiger partial charge in [-0.05, 0) is 24.3 Å². The maximum atomic E-state index is 14.2. The minimum Gasteiger partial charge on any atom is -0.493 e. The molecular formula is C22H15F3N8O2. The molecule has 10 nitrogen and oxygen atoms in total. The van der Waals surface area contributed by atoms with E-state index >= 15 is 0 Å². The van der Waals surface area contributed by atoms with E-state index in [4.69, 9.17) is 4.74 Å². The molecule has 176 valence electrons. The number of carbonyl (C=O) groups excluding carboxylic acids is 1. The molecule has 5 aromatic rings. The number of carbonyl (C=O) groups is 1. The Morgan fingerprint density at radius 2 is 1.94 bits per heavy atom. The van der Waals surface area contributed by atoms with Gasteiger partial charge in [0.05, 0.1) is 54.4 Å². The van der Waals surface area contributed by atoms with Gasteiger partial charge in [0.1, 0.15) is 0 Å². The summed E-state index contributed by atoms with van der Waals surface area (Å²) in [5.74, 6) is -0.501. The zero-order chi connectivity index (χ0) is 24.6. The van der Waals surface area contributed by atoms with Gasteiger partial charge >= 0.3 is 6.18 Å². The number of nitrogens with zero attached hydrogens (tertiary/aromatic N) is 7. The Kier molecular flexibility index (Phi) is 5.35. The number of ether oxygens (including phenoxy) is 1. The zero-order valence-corrected chi connectivity index (χ0v) is 17.9. The molecule has 0 bridgehead atoms. The highest BCUT2D eigenvalue weighted by Gasteiger charge is 2.41. The molecule has 0 saturated carbocycles. The monoisotopic (exact) mass is 480 g/mol. The van der Waals surface area contributed by atoms with E-state index in [2.05, 4.69) is 30.7 Å². The lowest BCUT2D eigenvalue weighted by molar-refractivity contribution is -0.143. The molecule has 0 atom stereocenters. The molecule has 5 rings (SSSR count). The van der Waals surface area contributed by atoms with Crippen LogP contribution in [0.5, 0.6) is 5.75 Å². The Morgan fingerprint density at radius 1 is 1.09 bits per heavy atom. The maximum Gasteiger partial charge on any atom is 0.434 e. The number of nitrogens with one attached hydrogen (secondary N) is 1. The van der Waals surface area contributed by atoms with E-state index in [-0.39, 0.29) is 22.9 Å². The van der Waals surface area contributed by atoms with E-state index < -0.39 is 23.3 Å². The first-order valence-corrected chi connectivity index (χ1v) is 10.1. The molecule has 1 aromatic carbocycles. The third-order valence-corrected chi connectivity index (χ3v) is 5.08. The number of pyridine rings is 2. The number of rotatable bonds is 5. The fourth-order valence-corrected chi connectivity index (χ4v) is 3.59. The quantitative estimate of drug-likeness (QED) is 0.408. The number of halogens is 3. The van der Waals surface area contributed by atoms with E-state index in [1.165, 1.54) is 48.7 Å². The van der Waals surface area contributed by atoms with E-state index in [1.807, 2.05) is 0 Å². The zero-order valence-electron chi connectivity index (χ0n) is 17.9. The number of aromatic nitrogens is 7. The minimum atomic E-state index is -4.87. The number of alkyl halides is 3. The molecule has 13 heteroatoms. The molecule has 4 aromatic heterocycles. The number of methoxy groups -OCH3 is 1. The van der Waals surface area contributed by atoms with Crippen LogP contribution in [-0.2, 0) is 6.18 Å². The van der Waals surface area contributed by atoms with Crippen LogP contribution < -0.4 is 10.1 Å².